The summed E-state index contributed by atoms with van der Waals surface area (Å²) in [4.78, 5) is 19.9. The molecule has 3 aromatic rings. The van der Waals surface area contributed by atoms with Gasteiger partial charge in [-0.15, -0.1) is 11.3 Å². The molecule has 0 radical (unpaired) electrons. The van der Waals surface area contributed by atoms with E-state index >= 15 is 0 Å². The van der Waals surface area contributed by atoms with E-state index in [9.17, 15) is 4.79 Å². The molecule has 3 rings (SSSR count). The van der Waals surface area contributed by atoms with Crippen molar-refractivity contribution in [3.05, 3.63) is 23.3 Å². The van der Waals surface area contributed by atoms with Crippen molar-refractivity contribution in [2.75, 3.05) is 14.2 Å². The Morgan fingerprint density at radius 1 is 1.15 bits per heavy atom. The van der Waals surface area contributed by atoms with Crippen molar-refractivity contribution in [2.45, 2.75) is 0 Å². The van der Waals surface area contributed by atoms with Crippen LogP contribution in [0.5, 0.6) is 11.5 Å². The monoisotopic (exact) mass is 290 g/mol. The summed E-state index contributed by atoms with van der Waals surface area (Å²) in [6.45, 7) is 0. The number of aromatic nitrogens is 2. The van der Waals surface area contributed by atoms with Gasteiger partial charge >= 0.3 is 5.97 Å². The second kappa shape index (κ2) is 4.61. The predicted octanol–water partition coefficient (Wildman–Crippen LogP) is 2.56. The van der Waals surface area contributed by atoms with E-state index in [0.717, 1.165) is 11.3 Å². The Kier molecular flexibility index (Phi) is 2.90. The molecule has 1 aromatic carbocycles. The Bertz CT molecular complexity index is 767. The fourth-order valence-corrected chi connectivity index (χ4v) is 3.15. The molecule has 2 aromatic heterocycles. The molecule has 102 valence electrons. The van der Waals surface area contributed by atoms with Crippen molar-refractivity contribution >= 4 is 38.4 Å². The topological polar surface area (TPSA) is 81.5 Å². The average molecular weight is 290 g/mol. The van der Waals surface area contributed by atoms with Crippen LogP contribution in [-0.2, 0) is 0 Å². The second-order valence-corrected chi connectivity index (χ2v) is 5.03. The molecule has 0 saturated heterocycles. The number of thiophene rings is 1. The van der Waals surface area contributed by atoms with Gasteiger partial charge in [0.25, 0.3) is 0 Å². The summed E-state index contributed by atoms with van der Waals surface area (Å²) in [5, 5.41) is 9.81. The molecule has 0 atom stereocenters. The number of methoxy groups -OCH3 is 2. The Balaban J connectivity index is 2.54. The number of hydrogen-bond donors (Lipinski definition) is 1. The molecule has 0 amide bonds. The largest absolute Gasteiger partial charge is 0.494 e. The number of rotatable bonds is 3. The number of fused-ring (bicyclic) bond motifs is 2. The minimum absolute atomic E-state index is 0.215. The summed E-state index contributed by atoms with van der Waals surface area (Å²) >= 11 is 1.13. The number of carboxylic acids is 1. The molecule has 0 aliphatic rings. The zero-order valence-corrected chi connectivity index (χ0v) is 11.5. The van der Waals surface area contributed by atoms with Gasteiger partial charge in [0.2, 0.25) is 0 Å². The lowest BCUT2D eigenvalue weighted by atomic mass is 10.2. The van der Waals surface area contributed by atoms with Crippen molar-refractivity contribution in [2.24, 2.45) is 0 Å². The van der Waals surface area contributed by atoms with Crippen LogP contribution in [0.4, 0.5) is 0 Å². The van der Waals surface area contributed by atoms with Crippen LogP contribution in [0.2, 0.25) is 0 Å². The number of carbonyl (C=O) groups is 1. The van der Waals surface area contributed by atoms with Gasteiger partial charge in [0.15, 0.2) is 11.5 Å². The molecule has 0 aliphatic carbocycles. The van der Waals surface area contributed by atoms with Gasteiger partial charge in [0, 0.05) is 17.8 Å². The first-order valence-corrected chi connectivity index (χ1v) is 6.50. The number of benzene rings is 1. The third kappa shape index (κ3) is 1.67. The van der Waals surface area contributed by atoms with E-state index in [-0.39, 0.29) is 4.88 Å². The van der Waals surface area contributed by atoms with Crippen molar-refractivity contribution in [3.63, 3.8) is 0 Å². The predicted molar refractivity (Wildman–Crippen MR) is 75.0 cm³/mol. The molecule has 0 fully saturated rings. The minimum atomic E-state index is -0.986. The summed E-state index contributed by atoms with van der Waals surface area (Å²) in [5.41, 5.74) is 1.10. The van der Waals surface area contributed by atoms with E-state index < -0.39 is 5.97 Å². The van der Waals surface area contributed by atoms with E-state index in [1.165, 1.54) is 14.2 Å². The van der Waals surface area contributed by atoms with Crippen LogP contribution < -0.4 is 9.47 Å². The van der Waals surface area contributed by atoms with Gasteiger partial charge in [0.05, 0.1) is 18.9 Å². The fraction of sp³-hybridized carbons (Fsp3) is 0.154. The lowest BCUT2D eigenvalue weighted by Crippen LogP contribution is -1.94. The number of ether oxygens (including phenoxy) is 2. The third-order valence-corrected chi connectivity index (χ3v) is 4.05. The molecule has 2 heterocycles. The van der Waals surface area contributed by atoms with Crippen molar-refractivity contribution < 1.29 is 19.4 Å². The summed E-state index contributed by atoms with van der Waals surface area (Å²) in [6.07, 6.45) is 3.11. The molecule has 0 saturated carbocycles. The minimum Gasteiger partial charge on any atom is -0.494 e. The molecule has 0 spiro atoms. The summed E-state index contributed by atoms with van der Waals surface area (Å²) in [6, 6.07) is 1.57. The number of nitrogens with zero attached hydrogens (tertiary/aromatic N) is 2. The molecule has 0 bridgehead atoms. The van der Waals surface area contributed by atoms with Gasteiger partial charge in [0.1, 0.15) is 15.9 Å². The number of aromatic carboxylic acids is 1. The molecular weight excluding hydrogens is 280 g/mol. The standard InChI is InChI=1S/C13H10N2O4S/c1-18-10-6-5-7(13(16)17)20-12(6)11(19-2)9-8(10)14-3-4-15-9/h3-5H,1-2H3,(H,16,17). The van der Waals surface area contributed by atoms with E-state index in [4.69, 9.17) is 14.6 Å². The Morgan fingerprint density at radius 3 is 2.30 bits per heavy atom. The summed E-state index contributed by atoms with van der Waals surface area (Å²) in [7, 11) is 3.04. The highest BCUT2D eigenvalue weighted by atomic mass is 32.1. The van der Waals surface area contributed by atoms with E-state index in [2.05, 4.69) is 9.97 Å². The molecule has 0 aliphatic heterocycles. The first-order chi connectivity index (χ1) is 9.67. The molecule has 1 N–H and O–H groups in total. The Morgan fingerprint density at radius 2 is 1.75 bits per heavy atom. The van der Waals surface area contributed by atoms with Gasteiger partial charge in [-0.05, 0) is 6.07 Å². The highest BCUT2D eigenvalue weighted by molar-refractivity contribution is 7.21. The summed E-state index contributed by atoms with van der Waals surface area (Å²) in [5.74, 6) is 0.0364. The van der Waals surface area contributed by atoms with Crippen LogP contribution >= 0.6 is 11.3 Å². The SMILES string of the molecule is COc1c2cc(C(=O)O)sc2c(OC)c2nccnc12. The Labute approximate surface area is 117 Å². The van der Waals surface area contributed by atoms with Crippen LogP contribution in [0.25, 0.3) is 21.1 Å². The molecule has 20 heavy (non-hydrogen) atoms. The molecule has 0 unspecified atom stereocenters. The van der Waals surface area contributed by atoms with Gasteiger partial charge < -0.3 is 14.6 Å². The van der Waals surface area contributed by atoms with E-state index in [1.54, 1.807) is 18.5 Å². The number of hydrogen-bond acceptors (Lipinski definition) is 6. The van der Waals surface area contributed by atoms with Crippen LogP contribution in [0.1, 0.15) is 9.67 Å². The molecule has 7 heteroatoms. The highest BCUT2D eigenvalue weighted by Gasteiger charge is 2.21. The van der Waals surface area contributed by atoms with Crippen molar-refractivity contribution in [1.29, 1.82) is 0 Å². The van der Waals surface area contributed by atoms with Crippen LogP contribution in [0.3, 0.4) is 0 Å². The first-order valence-electron chi connectivity index (χ1n) is 5.69. The maximum atomic E-state index is 11.2. The van der Waals surface area contributed by atoms with E-state index in [0.29, 0.717) is 32.6 Å². The van der Waals surface area contributed by atoms with E-state index in [1.807, 2.05) is 0 Å². The van der Waals surface area contributed by atoms with Crippen LogP contribution in [0.15, 0.2) is 18.5 Å². The van der Waals surface area contributed by atoms with Gasteiger partial charge in [-0.2, -0.15) is 0 Å². The zero-order valence-electron chi connectivity index (χ0n) is 10.7. The normalized spacial score (nSPS) is 10.9. The summed E-state index contributed by atoms with van der Waals surface area (Å²) < 4.78 is 11.5. The lowest BCUT2D eigenvalue weighted by molar-refractivity contribution is 0.0702. The van der Waals surface area contributed by atoms with Crippen LogP contribution in [0, 0.1) is 0 Å². The molecular formula is C13H10N2O4S. The maximum Gasteiger partial charge on any atom is 0.345 e. The Hall–Kier alpha value is -2.41. The smallest absolute Gasteiger partial charge is 0.345 e. The van der Waals surface area contributed by atoms with Crippen molar-refractivity contribution in [1.82, 2.24) is 9.97 Å². The maximum absolute atomic E-state index is 11.2. The second-order valence-electron chi connectivity index (χ2n) is 3.98. The first kappa shape index (κ1) is 12.6. The van der Waals surface area contributed by atoms with Gasteiger partial charge in [-0.3, -0.25) is 0 Å². The fourth-order valence-electron chi connectivity index (χ4n) is 2.14. The number of carboxylic acid groups (broad SMARTS) is 1. The van der Waals surface area contributed by atoms with Gasteiger partial charge in [-0.25, -0.2) is 14.8 Å². The van der Waals surface area contributed by atoms with Crippen molar-refractivity contribution in [3.8, 4) is 11.5 Å². The quantitative estimate of drug-likeness (QED) is 0.798. The third-order valence-electron chi connectivity index (χ3n) is 2.93. The van der Waals surface area contributed by atoms with Gasteiger partial charge in [-0.1, -0.05) is 0 Å². The molecule has 6 nitrogen and oxygen atoms in total. The highest BCUT2D eigenvalue weighted by Crippen LogP contribution is 2.44. The average Bonchev–Trinajstić information content (AvgIpc) is 2.89. The lowest BCUT2D eigenvalue weighted by Gasteiger charge is -2.10. The zero-order chi connectivity index (χ0) is 14.3. The van der Waals surface area contributed by atoms with Crippen LogP contribution in [-0.4, -0.2) is 35.3 Å².